The van der Waals surface area contributed by atoms with Crippen LogP contribution in [0, 0.1) is 6.92 Å². The number of hydrogen-bond acceptors (Lipinski definition) is 5. The number of anilines is 2. The maximum atomic E-state index is 12.8. The summed E-state index contributed by atoms with van der Waals surface area (Å²) in [6.07, 6.45) is 1.28. The zero-order valence-electron chi connectivity index (χ0n) is 18.1. The van der Waals surface area contributed by atoms with E-state index in [0.717, 1.165) is 5.69 Å². The Labute approximate surface area is 178 Å². The summed E-state index contributed by atoms with van der Waals surface area (Å²) in [5, 5.41) is 13.4. The number of carboxylic acids is 1. The first-order valence-corrected chi connectivity index (χ1v) is 13.6. The van der Waals surface area contributed by atoms with Gasteiger partial charge in [0.1, 0.15) is 5.82 Å². The van der Waals surface area contributed by atoms with E-state index in [1.807, 2.05) is 28.9 Å². The third kappa shape index (κ3) is 4.78. The zero-order valence-corrected chi connectivity index (χ0v) is 19.1. The van der Waals surface area contributed by atoms with Gasteiger partial charge in [0.2, 0.25) is 0 Å². The number of hydrogen-bond donors (Lipinski definition) is 2. The molecular weight excluding hydrogens is 398 g/mol. The topological polar surface area (TPSA) is 98.7 Å². The second-order valence-corrected chi connectivity index (χ2v) is 13.8. The molecule has 160 valence electrons. The van der Waals surface area contributed by atoms with Gasteiger partial charge in [-0.2, -0.15) is 0 Å². The Morgan fingerprint density at radius 1 is 1.17 bits per heavy atom. The Hall–Kier alpha value is -2.94. The van der Waals surface area contributed by atoms with Gasteiger partial charge in [-0.25, -0.2) is 19.6 Å². The summed E-state index contributed by atoms with van der Waals surface area (Å²) in [7, 11) is -1.37. The molecule has 0 spiro atoms. The molecule has 0 aliphatic carbocycles. The van der Waals surface area contributed by atoms with Gasteiger partial charge in [0.05, 0.1) is 20.0 Å². The van der Waals surface area contributed by atoms with Gasteiger partial charge in [-0.1, -0.05) is 37.0 Å². The highest BCUT2D eigenvalue weighted by molar-refractivity contribution is 6.88. The van der Waals surface area contributed by atoms with E-state index in [1.54, 1.807) is 6.92 Å². The van der Waals surface area contributed by atoms with E-state index in [4.69, 9.17) is 5.11 Å². The average Bonchev–Trinajstić information content (AvgIpc) is 2.67. The molecule has 1 saturated heterocycles. The molecule has 2 heterocycles. The van der Waals surface area contributed by atoms with E-state index in [1.165, 1.54) is 11.4 Å². The molecule has 0 saturated carbocycles. The van der Waals surface area contributed by atoms with Crippen LogP contribution in [0.4, 0.5) is 16.3 Å². The molecule has 0 bridgehead atoms. The third-order valence-corrected chi connectivity index (χ3v) is 7.40. The number of urea groups is 1. The molecule has 1 aromatic carbocycles. The Bertz CT molecular complexity index is 943. The number of nitrogens with one attached hydrogen (secondary N) is 1. The molecule has 1 atom stereocenters. The molecule has 3 rings (SSSR count). The Morgan fingerprint density at radius 2 is 1.83 bits per heavy atom. The second-order valence-electron chi connectivity index (χ2n) is 8.72. The normalized spacial score (nSPS) is 17.0. The van der Waals surface area contributed by atoms with E-state index >= 15 is 0 Å². The van der Waals surface area contributed by atoms with Crippen LogP contribution >= 0.6 is 0 Å². The van der Waals surface area contributed by atoms with E-state index in [9.17, 15) is 9.59 Å². The highest BCUT2D eigenvalue weighted by Crippen LogP contribution is 2.21. The monoisotopic (exact) mass is 427 g/mol. The predicted octanol–water partition coefficient (Wildman–Crippen LogP) is 2.77. The van der Waals surface area contributed by atoms with Gasteiger partial charge >= 0.3 is 12.0 Å². The molecule has 2 N–H and O–H groups in total. The van der Waals surface area contributed by atoms with E-state index in [-0.39, 0.29) is 17.8 Å². The number of aromatic carboxylic acids is 1. The van der Waals surface area contributed by atoms with Crippen molar-refractivity contribution in [3.63, 3.8) is 0 Å². The van der Waals surface area contributed by atoms with Gasteiger partial charge in [-0.05, 0) is 26.0 Å². The maximum Gasteiger partial charge on any atom is 0.356 e. The SMILES string of the molecule is Cc1nc(C(=O)O)cnc1N1CCN(C(=O)Nc2ccc([Si](C)(C)C)cc2)C(C)C1. The first kappa shape index (κ1) is 21.8. The first-order valence-electron chi connectivity index (χ1n) is 10.1. The Kier molecular flexibility index (Phi) is 6.11. The van der Waals surface area contributed by atoms with Crippen LogP contribution in [0.25, 0.3) is 0 Å². The van der Waals surface area contributed by atoms with Crippen molar-refractivity contribution in [2.24, 2.45) is 0 Å². The molecule has 2 amide bonds. The van der Waals surface area contributed by atoms with Crippen LogP contribution in [0.5, 0.6) is 0 Å². The molecule has 30 heavy (non-hydrogen) atoms. The highest BCUT2D eigenvalue weighted by Gasteiger charge is 2.29. The summed E-state index contributed by atoms with van der Waals surface area (Å²) < 4.78 is 0. The number of piperazine rings is 1. The minimum Gasteiger partial charge on any atom is -0.476 e. The molecule has 2 aromatic rings. The summed E-state index contributed by atoms with van der Waals surface area (Å²) >= 11 is 0. The lowest BCUT2D eigenvalue weighted by atomic mass is 10.2. The smallest absolute Gasteiger partial charge is 0.356 e. The number of benzene rings is 1. The summed E-state index contributed by atoms with van der Waals surface area (Å²) in [6.45, 7) is 12.4. The van der Waals surface area contributed by atoms with E-state index < -0.39 is 14.0 Å². The van der Waals surface area contributed by atoms with Gasteiger partial charge in [0.25, 0.3) is 0 Å². The minimum absolute atomic E-state index is 0.0274. The molecule has 1 aliphatic rings. The number of rotatable bonds is 4. The lowest BCUT2D eigenvalue weighted by Gasteiger charge is -2.40. The lowest BCUT2D eigenvalue weighted by molar-refractivity contribution is 0.0689. The van der Waals surface area contributed by atoms with Crippen LogP contribution in [0.3, 0.4) is 0 Å². The fourth-order valence-corrected chi connectivity index (χ4v) is 4.76. The van der Waals surface area contributed by atoms with Crippen molar-refractivity contribution in [3.8, 4) is 0 Å². The molecule has 1 fully saturated rings. The van der Waals surface area contributed by atoms with Gasteiger partial charge in [0, 0.05) is 31.4 Å². The molecular formula is C21H29N5O3Si. The van der Waals surface area contributed by atoms with Crippen molar-refractivity contribution in [2.75, 3.05) is 29.9 Å². The van der Waals surface area contributed by atoms with Crippen molar-refractivity contribution < 1.29 is 14.7 Å². The van der Waals surface area contributed by atoms with Gasteiger partial charge in [-0.3, -0.25) is 0 Å². The number of aryl methyl sites for hydroxylation is 1. The summed E-state index contributed by atoms with van der Waals surface area (Å²) in [4.78, 5) is 36.1. The fraction of sp³-hybridized carbons (Fsp3) is 0.429. The van der Waals surface area contributed by atoms with Crippen LogP contribution in [0.1, 0.15) is 23.1 Å². The van der Waals surface area contributed by atoms with Gasteiger partial charge in [0.15, 0.2) is 5.69 Å². The molecule has 1 aromatic heterocycles. The molecule has 8 nitrogen and oxygen atoms in total. The Morgan fingerprint density at radius 3 is 2.37 bits per heavy atom. The molecule has 1 aliphatic heterocycles. The molecule has 0 radical (unpaired) electrons. The van der Waals surface area contributed by atoms with Crippen molar-refractivity contribution in [1.82, 2.24) is 14.9 Å². The number of nitrogens with zero attached hydrogens (tertiary/aromatic N) is 4. The number of aromatic nitrogens is 2. The minimum atomic E-state index is -1.37. The van der Waals surface area contributed by atoms with E-state index in [2.05, 4.69) is 47.1 Å². The number of amides is 2. The fourth-order valence-electron chi connectivity index (χ4n) is 3.59. The Balaban J connectivity index is 1.64. The number of carbonyl (C=O) groups excluding carboxylic acids is 1. The average molecular weight is 428 g/mol. The summed E-state index contributed by atoms with van der Waals surface area (Å²) in [5.41, 5.74) is 1.30. The predicted molar refractivity (Wildman–Crippen MR) is 121 cm³/mol. The quantitative estimate of drug-likeness (QED) is 0.728. The van der Waals surface area contributed by atoms with Gasteiger partial charge < -0.3 is 20.2 Å². The maximum absolute atomic E-state index is 12.8. The summed E-state index contributed by atoms with van der Waals surface area (Å²) in [5.74, 6) is -0.432. The van der Waals surface area contributed by atoms with Crippen LogP contribution < -0.4 is 15.4 Å². The van der Waals surface area contributed by atoms with Crippen molar-refractivity contribution in [1.29, 1.82) is 0 Å². The van der Waals surface area contributed by atoms with Gasteiger partial charge in [-0.15, -0.1) is 0 Å². The lowest BCUT2D eigenvalue weighted by Crippen LogP contribution is -2.55. The number of carboxylic acid groups (broad SMARTS) is 1. The highest BCUT2D eigenvalue weighted by atomic mass is 28.3. The van der Waals surface area contributed by atoms with Crippen molar-refractivity contribution in [3.05, 3.63) is 41.9 Å². The van der Waals surface area contributed by atoms with Crippen LogP contribution in [-0.4, -0.2) is 65.7 Å². The van der Waals surface area contributed by atoms with E-state index in [0.29, 0.717) is 31.1 Å². The second kappa shape index (κ2) is 8.43. The molecule has 9 heteroatoms. The zero-order chi connectivity index (χ0) is 22.1. The first-order chi connectivity index (χ1) is 14.1. The largest absolute Gasteiger partial charge is 0.476 e. The van der Waals surface area contributed by atoms with Crippen LogP contribution in [0.2, 0.25) is 19.6 Å². The number of carbonyl (C=O) groups is 2. The van der Waals surface area contributed by atoms with Crippen molar-refractivity contribution in [2.45, 2.75) is 39.5 Å². The van der Waals surface area contributed by atoms with Crippen LogP contribution in [0.15, 0.2) is 30.5 Å². The van der Waals surface area contributed by atoms with Crippen molar-refractivity contribution >= 4 is 36.8 Å². The van der Waals surface area contributed by atoms with Crippen LogP contribution in [-0.2, 0) is 0 Å². The standard InChI is InChI=1S/C21H29N5O3Si/c1-14-13-25(19-15(2)23-18(12-22-19)20(27)28)10-11-26(14)21(29)24-16-6-8-17(9-7-16)30(3,4)5/h6-9,12,14H,10-11,13H2,1-5H3,(H,24,29)(H,27,28). The molecule has 1 unspecified atom stereocenters. The third-order valence-electron chi connectivity index (χ3n) is 5.33. The summed E-state index contributed by atoms with van der Waals surface area (Å²) in [6, 6.07) is 7.99.